The number of nitrogens with one attached hydrogen (secondary N) is 1. The third kappa shape index (κ3) is 1.81. The van der Waals surface area contributed by atoms with Crippen LogP contribution in [-0.2, 0) is 4.74 Å². The van der Waals surface area contributed by atoms with Crippen LogP contribution in [0.15, 0.2) is 18.2 Å². The van der Waals surface area contributed by atoms with Crippen molar-refractivity contribution < 1.29 is 4.74 Å². The molecule has 1 unspecified atom stereocenters. The van der Waals surface area contributed by atoms with Gasteiger partial charge in [0.1, 0.15) is 0 Å². The number of imidazole rings is 1. The average Bonchev–Trinajstić information content (AvgIpc) is 2.68. The van der Waals surface area contributed by atoms with Crippen molar-refractivity contribution in [1.82, 2.24) is 9.55 Å². The average molecular weight is 248 g/mol. The molecule has 1 aromatic heterocycles. The van der Waals surface area contributed by atoms with Crippen LogP contribution in [-0.4, -0.2) is 22.8 Å². The van der Waals surface area contributed by atoms with Gasteiger partial charge in [0.2, 0.25) is 0 Å². The zero-order chi connectivity index (χ0) is 11.8. The molecule has 1 N–H and O–H groups in total. The standard InChI is InChI=1S/C13H16N2OS/c1-9-4-2-6-11-12(9)14-13(17)15(11)10-5-3-7-16-8-10/h2,4,6,10H,3,5,7-8H2,1H3,(H,14,17). The zero-order valence-corrected chi connectivity index (χ0v) is 10.7. The number of para-hydroxylation sites is 1. The lowest BCUT2D eigenvalue weighted by molar-refractivity contribution is 0.0600. The van der Waals surface area contributed by atoms with Crippen molar-refractivity contribution in [2.24, 2.45) is 0 Å². The molecule has 0 bridgehead atoms. The molecule has 0 saturated carbocycles. The summed E-state index contributed by atoms with van der Waals surface area (Å²) in [5.41, 5.74) is 3.60. The Hall–Kier alpha value is -1.13. The summed E-state index contributed by atoms with van der Waals surface area (Å²) in [5.74, 6) is 0. The van der Waals surface area contributed by atoms with Crippen LogP contribution in [0.25, 0.3) is 11.0 Å². The lowest BCUT2D eigenvalue weighted by Crippen LogP contribution is -2.21. The van der Waals surface area contributed by atoms with E-state index in [0.29, 0.717) is 6.04 Å². The van der Waals surface area contributed by atoms with E-state index in [1.54, 1.807) is 0 Å². The molecule has 3 rings (SSSR count). The van der Waals surface area contributed by atoms with Gasteiger partial charge in [0.25, 0.3) is 0 Å². The van der Waals surface area contributed by atoms with Crippen molar-refractivity contribution in [3.05, 3.63) is 28.5 Å². The fourth-order valence-electron chi connectivity index (χ4n) is 2.58. The maximum absolute atomic E-state index is 5.56. The molecule has 1 fully saturated rings. The number of hydrogen-bond donors (Lipinski definition) is 1. The topological polar surface area (TPSA) is 29.9 Å². The number of fused-ring (bicyclic) bond motifs is 1. The summed E-state index contributed by atoms with van der Waals surface area (Å²) < 4.78 is 8.59. The fourth-order valence-corrected chi connectivity index (χ4v) is 2.93. The molecule has 1 aromatic carbocycles. The van der Waals surface area contributed by atoms with E-state index in [9.17, 15) is 0 Å². The van der Waals surface area contributed by atoms with Crippen LogP contribution >= 0.6 is 12.2 Å². The molecule has 0 aliphatic carbocycles. The summed E-state index contributed by atoms with van der Waals surface area (Å²) in [6.07, 6.45) is 2.26. The summed E-state index contributed by atoms with van der Waals surface area (Å²) in [6, 6.07) is 6.70. The Morgan fingerprint density at radius 3 is 3.12 bits per heavy atom. The van der Waals surface area contributed by atoms with Crippen molar-refractivity contribution in [1.29, 1.82) is 0 Å². The van der Waals surface area contributed by atoms with Gasteiger partial charge in [0.15, 0.2) is 4.77 Å². The summed E-state index contributed by atoms with van der Waals surface area (Å²) in [5, 5.41) is 0. The second-order valence-electron chi connectivity index (χ2n) is 4.64. The van der Waals surface area contributed by atoms with E-state index in [-0.39, 0.29) is 0 Å². The number of H-pyrrole nitrogens is 1. The first kappa shape index (κ1) is 11.0. The van der Waals surface area contributed by atoms with Crippen LogP contribution < -0.4 is 0 Å². The molecule has 2 heterocycles. The highest BCUT2D eigenvalue weighted by molar-refractivity contribution is 7.71. The number of benzene rings is 1. The molecule has 2 aromatic rings. The first-order valence-electron chi connectivity index (χ1n) is 6.05. The summed E-state index contributed by atoms with van der Waals surface area (Å²) in [7, 11) is 0. The third-order valence-electron chi connectivity index (χ3n) is 3.46. The first-order chi connectivity index (χ1) is 8.27. The van der Waals surface area contributed by atoms with Gasteiger partial charge in [0, 0.05) is 6.61 Å². The van der Waals surface area contributed by atoms with Gasteiger partial charge in [-0.3, -0.25) is 0 Å². The van der Waals surface area contributed by atoms with E-state index in [1.807, 2.05) is 0 Å². The van der Waals surface area contributed by atoms with Crippen molar-refractivity contribution >= 4 is 23.3 Å². The second kappa shape index (κ2) is 4.27. The van der Waals surface area contributed by atoms with Gasteiger partial charge >= 0.3 is 0 Å². The summed E-state index contributed by atoms with van der Waals surface area (Å²) in [6.45, 7) is 3.76. The Morgan fingerprint density at radius 1 is 1.47 bits per heavy atom. The van der Waals surface area contributed by atoms with Crippen LogP contribution in [0.3, 0.4) is 0 Å². The Labute approximate surface area is 105 Å². The lowest BCUT2D eigenvalue weighted by Gasteiger charge is -2.24. The molecule has 1 atom stereocenters. The van der Waals surface area contributed by atoms with Crippen LogP contribution in [0.2, 0.25) is 0 Å². The van der Waals surface area contributed by atoms with Crippen LogP contribution in [0.5, 0.6) is 0 Å². The molecule has 4 heteroatoms. The van der Waals surface area contributed by atoms with Crippen molar-refractivity contribution in [2.45, 2.75) is 25.8 Å². The van der Waals surface area contributed by atoms with Crippen LogP contribution in [0, 0.1) is 11.7 Å². The normalized spacial score (nSPS) is 20.9. The number of rotatable bonds is 1. The molecule has 0 spiro atoms. The predicted octanol–water partition coefficient (Wildman–Crippen LogP) is 3.36. The maximum atomic E-state index is 5.56. The van der Waals surface area contributed by atoms with E-state index in [1.165, 1.54) is 11.1 Å². The highest BCUT2D eigenvalue weighted by Gasteiger charge is 2.19. The summed E-state index contributed by atoms with van der Waals surface area (Å²) in [4.78, 5) is 3.31. The van der Waals surface area contributed by atoms with E-state index >= 15 is 0 Å². The van der Waals surface area contributed by atoms with E-state index < -0.39 is 0 Å². The Balaban J connectivity index is 2.18. The van der Waals surface area contributed by atoms with Gasteiger partial charge in [-0.2, -0.15) is 0 Å². The van der Waals surface area contributed by atoms with E-state index in [4.69, 9.17) is 17.0 Å². The van der Waals surface area contributed by atoms with Crippen LogP contribution in [0.4, 0.5) is 0 Å². The van der Waals surface area contributed by atoms with Gasteiger partial charge in [-0.05, 0) is 43.6 Å². The zero-order valence-electron chi connectivity index (χ0n) is 9.90. The Bertz CT molecular complexity index is 593. The van der Waals surface area contributed by atoms with Crippen molar-refractivity contribution in [3.63, 3.8) is 0 Å². The third-order valence-corrected chi connectivity index (χ3v) is 3.76. The molecular weight excluding hydrogens is 232 g/mol. The molecule has 1 aliphatic heterocycles. The van der Waals surface area contributed by atoms with Crippen molar-refractivity contribution in [3.8, 4) is 0 Å². The van der Waals surface area contributed by atoms with Crippen LogP contribution in [0.1, 0.15) is 24.4 Å². The Kier molecular flexibility index (Phi) is 2.76. The number of hydrogen-bond acceptors (Lipinski definition) is 2. The maximum Gasteiger partial charge on any atom is 0.178 e. The second-order valence-corrected chi connectivity index (χ2v) is 5.03. The molecule has 0 radical (unpaired) electrons. The minimum atomic E-state index is 0.381. The molecule has 0 amide bonds. The van der Waals surface area contributed by atoms with Gasteiger partial charge in [-0.1, -0.05) is 12.1 Å². The van der Waals surface area contributed by atoms with Crippen molar-refractivity contribution in [2.75, 3.05) is 13.2 Å². The smallest absolute Gasteiger partial charge is 0.178 e. The van der Waals surface area contributed by atoms with E-state index in [0.717, 1.165) is 36.3 Å². The van der Waals surface area contributed by atoms with E-state index in [2.05, 4.69) is 34.7 Å². The fraction of sp³-hybridized carbons (Fsp3) is 0.462. The first-order valence-corrected chi connectivity index (χ1v) is 6.46. The minimum absolute atomic E-state index is 0.381. The number of ether oxygens (including phenoxy) is 1. The highest BCUT2D eigenvalue weighted by Crippen LogP contribution is 2.26. The minimum Gasteiger partial charge on any atom is -0.379 e. The lowest BCUT2D eigenvalue weighted by atomic mass is 10.1. The quantitative estimate of drug-likeness (QED) is 0.784. The van der Waals surface area contributed by atoms with Gasteiger partial charge in [0.05, 0.1) is 23.7 Å². The molecule has 1 saturated heterocycles. The Morgan fingerprint density at radius 2 is 2.35 bits per heavy atom. The molecular formula is C13H16N2OS. The predicted molar refractivity (Wildman–Crippen MR) is 70.9 cm³/mol. The number of aromatic amines is 1. The number of aromatic nitrogens is 2. The van der Waals surface area contributed by atoms with Gasteiger partial charge in [-0.15, -0.1) is 0 Å². The molecule has 1 aliphatic rings. The molecule has 3 nitrogen and oxygen atoms in total. The van der Waals surface area contributed by atoms with Gasteiger partial charge < -0.3 is 14.3 Å². The highest BCUT2D eigenvalue weighted by atomic mass is 32.1. The summed E-state index contributed by atoms with van der Waals surface area (Å²) >= 11 is 5.45. The number of aryl methyl sites for hydroxylation is 1. The monoisotopic (exact) mass is 248 g/mol. The number of nitrogens with zero attached hydrogens (tertiary/aromatic N) is 1. The molecule has 90 valence electrons. The molecule has 17 heavy (non-hydrogen) atoms. The SMILES string of the molecule is Cc1cccc2c1[nH]c(=S)n2C1CCCOC1. The van der Waals surface area contributed by atoms with Gasteiger partial charge in [-0.25, -0.2) is 0 Å². The largest absolute Gasteiger partial charge is 0.379 e.